The van der Waals surface area contributed by atoms with E-state index in [4.69, 9.17) is 0 Å². The van der Waals surface area contributed by atoms with E-state index in [2.05, 4.69) is 24.8 Å². The van der Waals surface area contributed by atoms with E-state index in [9.17, 15) is 0 Å². The second-order valence-electron chi connectivity index (χ2n) is 8.67. The highest BCUT2D eigenvalue weighted by Crippen LogP contribution is 2.33. The van der Waals surface area contributed by atoms with Gasteiger partial charge in [0.1, 0.15) is 5.69 Å². The van der Waals surface area contributed by atoms with Crippen LogP contribution in [-0.4, -0.2) is 57.0 Å². The van der Waals surface area contributed by atoms with Crippen LogP contribution in [0.2, 0.25) is 0 Å². The van der Waals surface area contributed by atoms with Crippen LogP contribution in [0.1, 0.15) is 37.7 Å². The van der Waals surface area contributed by atoms with Gasteiger partial charge in [0.15, 0.2) is 5.82 Å². The topological polar surface area (TPSA) is 45.2 Å². The molecule has 1 saturated carbocycles. The lowest BCUT2D eigenvalue weighted by Gasteiger charge is -2.40. The van der Waals surface area contributed by atoms with Crippen molar-refractivity contribution in [1.82, 2.24) is 24.8 Å². The Balaban J connectivity index is 1.23. The Morgan fingerprint density at radius 1 is 0.926 bits per heavy atom. The fraction of sp³-hybridized carbons (Fsp3) is 0.591. The van der Waals surface area contributed by atoms with Gasteiger partial charge in [0.25, 0.3) is 0 Å². The van der Waals surface area contributed by atoms with Gasteiger partial charge in [-0.1, -0.05) is 12.5 Å². The van der Waals surface area contributed by atoms with E-state index in [1.807, 2.05) is 30.6 Å². The zero-order valence-electron chi connectivity index (χ0n) is 16.0. The summed E-state index contributed by atoms with van der Waals surface area (Å²) in [6.45, 7) is 6.04. The van der Waals surface area contributed by atoms with Crippen LogP contribution < -0.4 is 0 Å². The Kier molecular flexibility index (Phi) is 4.89. The molecule has 5 heteroatoms. The Hall–Kier alpha value is -1.85. The summed E-state index contributed by atoms with van der Waals surface area (Å²) >= 11 is 0. The van der Waals surface area contributed by atoms with Crippen molar-refractivity contribution in [2.45, 2.75) is 44.7 Å². The average molecular weight is 364 g/mol. The van der Waals surface area contributed by atoms with Crippen molar-refractivity contribution in [3.05, 3.63) is 42.4 Å². The van der Waals surface area contributed by atoms with Crippen LogP contribution >= 0.6 is 0 Å². The summed E-state index contributed by atoms with van der Waals surface area (Å²) in [6, 6.07) is 6.60. The number of pyridine rings is 1. The first kappa shape index (κ1) is 17.3. The zero-order chi connectivity index (χ0) is 18.1. The smallest absolute Gasteiger partial charge is 0.178 e. The summed E-state index contributed by atoms with van der Waals surface area (Å²) in [4.78, 5) is 18.9. The lowest BCUT2D eigenvalue weighted by atomic mass is 9.83. The van der Waals surface area contributed by atoms with E-state index in [0.29, 0.717) is 5.82 Å². The van der Waals surface area contributed by atoms with Crippen LogP contribution in [0.5, 0.6) is 0 Å². The third-order valence-electron chi connectivity index (χ3n) is 6.63. The highest BCUT2D eigenvalue weighted by atomic mass is 15.3. The zero-order valence-corrected chi connectivity index (χ0v) is 16.0. The first-order valence-electron chi connectivity index (χ1n) is 10.5. The maximum atomic E-state index is 4.55. The third kappa shape index (κ3) is 3.90. The summed E-state index contributed by atoms with van der Waals surface area (Å²) in [6.07, 6.45) is 12.9. The van der Waals surface area contributed by atoms with E-state index in [1.54, 1.807) is 6.20 Å². The monoisotopic (exact) mass is 363 g/mol. The Morgan fingerprint density at radius 3 is 2.56 bits per heavy atom. The quantitative estimate of drug-likeness (QED) is 0.816. The fourth-order valence-electron chi connectivity index (χ4n) is 4.96. The van der Waals surface area contributed by atoms with Crippen molar-refractivity contribution in [2.24, 2.45) is 11.8 Å². The van der Waals surface area contributed by atoms with Gasteiger partial charge in [-0.2, -0.15) is 0 Å². The number of aromatic nitrogens is 3. The molecule has 2 bridgehead atoms. The van der Waals surface area contributed by atoms with E-state index in [-0.39, 0.29) is 0 Å². The van der Waals surface area contributed by atoms with Gasteiger partial charge >= 0.3 is 0 Å². The number of nitrogens with zero attached hydrogens (tertiary/aromatic N) is 5. The standard InChI is InChI=1S/C22H29N5/c1-2-9-23-21(6-1)22-24-10-19(11-25-22)13-26-12-18-7-8-20(16-26)27(15-18)14-17-4-3-5-17/h1-2,6,9-11,17-18,20H,3-5,7-8,12-16H2/t18-,20+/m1/s1. The molecule has 0 aromatic carbocycles. The van der Waals surface area contributed by atoms with Crippen molar-refractivity contribution in [1.29, 1.82) is 0 Å². The van der Waals surface area contributed by atoms with Crippen LogP contribution in [0, 0.1) is 11.8 Å². The predicted molar refractivity (Wildman–Crippen MR) is 106 cm³/mol. The van der Waals surface area contributed by atoms with Gasteiger partial charge in [-0.15, -0.1) is 0 Å². The van der Waals surface area contributed by atoms with Gasteiger partial charge in [-0.3, -0.25) is 14.8 Å². The van der Waals surface area contributed by atoms with E-state index >= 15 is 0 Å². The van der Waals surface area contributed by atoms with E-state index in [0.717, 1.165) is 30.1 Å². The van der Waals surface area contributed by atoms with Crippen molar-refractivity contribution in [3.63, 3.8) is 0 Å². The van der Waals surface area contributed by atoms with Gasteiger partial charge in [-0.05, 0) is 49.7 Å². The van der Waals surface area contributed by atoms with Crippen LogP contribution in [-0.2, 0) is 6.54 Å². The highest BCUT2D eigenvalue weighted by molar-refractivity contribution is 5.47. The second-order valence-corrected chi connectivity index (χ2v) is 8.67. The molecule has 1 aliphatic carbocycles. The molecule has 2 atom stereocenters. The second kappa shape index (κ2) is 7.64. The predicted octanol–water partition coefficient (Wildman–Crippen LogP) is 3.23. The lowest BCUT2D eigenvalue weighted by molar-refractivity contribution is 0.0891. The number of hydrogen-bond donors (Lipinski definition) is 0. The third-order valence-corrected chi connectivity index (χ3v) is 6.63. The molecule has 3 saturated heterocycles. The van der Waals surface area contributed by atoms with Crippen LogP contribution in [0.15, 0.2) is 36.8 Å². The molecule has 142 valence electrons. The normalized spacial score (nSPS) is 26.7. The number of fused-ring (bicyclic) bond motifs is 4. The molecule has 0 amide bonds. The molecule has 3 aliphatic heterocycles. The molecule has 5 heterocycles. The molecule has 0 radical (unpaired) electrons. The number of rotatable bonds is 5. The van der Waals surface area contributed by atoms with Crippen LogP contribution in [0.25, 0.3) is 11.5 Å². The van der Waals surface area contributed by atoms with Crippen LogP contribution in [0.3, 0.4) is 0 Å². The largest absolute Gasteiger partial charge is 0.299 e. The first-order valence-corrected chi connectivity index (χ1v) is 10.5. The Bertz CT molecular complexity index is 743. The molecule has 0 spiro atoms. The maximum absolute atomic E-state index is 4.55. The maximum Gasteiger partial charge on any atom is 0.178 e. The Labute approximate surface area is 161 Å². The SMILES string of the molecule is c1ccc(-c2ncc(CN3C[C@H]4CC[C@@H](C3)N(CC3CCC3)C4)cn2)nc1. The van der Waals surface area contributed by atoms with Gasteiger partial charge in [0, 0.05) is 62.9 Å². The van der Waals surface area contributed by atoms with Crippen LogP contribution in [0.4, 0.5) is 0 Å². The molecule has 4 fully saturated rings. The van der Waals surface area contributed by atoms with Crippen molar-refractivity contribution in [3.8, 4) is 11.5 Å². The van der Waals surface area contributed by atoms with E-state index in [1.165, 1.54) is 63.8 Å². The molecular formula is C22H29N5. The summed E-state index contributed by atoms with van der Waals surface area (Å²) < 4.78 is 0. The number of hydrogen-bond acceptors (Lipinski definition) is 5. The molecular weight excluding hydrogens is 334 g/mol. The van der Waals surface area contributed by atoms with Gasteiger partial charge in [-0.25, -0.2) is 9.97 Å². The summed E-state index contributed by atoms with van der Waals surface area (Å²) in [5.41, 5.74) is 2.05. The number of piperidine rings is 1. The molecule has 0 unspecified atom stereocenters. The summed E-state index contributed by atoms with van der Waals surface area (Å²) in [7, 11) is 0. The molecule has 6 rings (SSSR count). The fourth-order valence-corrected chi connectivity index (χ4v) is 4.96. The summed E-state index contributed by atoms with van der Waals surface area (Å²) in [5.74, 6) is 2.52. The Morgan fingerprint density at radius 2 is 1.81 bits per heavy atom. The lowest BCUT2D eigenvalue weighted by Crippen LogP contribution is -2.46. The minimum absolute atomic E-state index is 0.710. The van der Waals surface area contributed by atoms with Crippen molar-refractivity contribution < 1.29 is 0 Å². The average Bonchev–Trinajstić information content (AvgIpc) is 2.96. The molecule has 2 aromatic rings. The van der Waals surface area contributed by atoms with Gasteiger partial charge in [0.2, 0.25) is 0 Å². The minimum Gasteiger partial charge on any atom is -0.299 e. The molecule has 2 aromatic heterocycles. The van der Waals surface area contributed by atoms with Gasteiger partial charge in [0.05, 0.1) is 0 Å². The van der Waals surface area contributed by atoms with Gasteiger partial charge < -0.3 is 0 Å². The highest BCUT2D eigenvalue weighted by Gasteiger charge is 2.36. The minimum atomic E-state index is 0.710. The summed E-state index contributed by atoms with van der Waals surface area (Å²) in [5, 5.41) is 0. The molecule has 0 N–H and O–H groups in total. The van der Waals surface area contributed by atoms with Crippen molar-refractivity contribution >= 4 is 0 Å². The van der Waals surface area contributed by atoms with E-state index < -0.39 is 0 Å². The van der Waals surface area contributed by atoms with Crippen molar-refractivity contribution in [2.75, 3.05) is 26.2 Å². The molecule has 4 aliphatic rings. The first-order chi connectivity index (χ1) is 13.3. The molecule has 27 heavy (non-hydrogen) atoms. The molecule has 5 nitrogen and oxygen atoms in total.